The Morgan fingerprint density at radius 3 is 2.42 bits per heavy atom. The van der Waals surface area contributed by atoms with Gasteiger partial charge in [-0.2, -0.15) is 0 Å². The lowest BCUT2D eigenvalue weighted by atomic mass is 9.61. The van der Waals surface area contributed by atoms with Gasteiger partial charge in [0.15, 0.2) is 5.41 Å². The van der Waals surface area contributed by atoms with E-state index in [-0.39, 0.29) is 5.92 Å². The minimum Gasteiger partial charge on any atom is -0.468 e. The highest BCUT2D eigenvalue weighted by Gasteiger charge is 2.56. The Balaban J connectivity index is 2.55. The molecule has 1 atom stereocenters. The number of carbonyl (C=O) groups excluding carboxylic acids is 2. The topological polar surface area (TPSA) is 52.6 Å². The van der Waals surface area contributed by atoms with E-state index in [2.05, 4.69) is 6.92 Å². The molecule has 19 heavy (non-hydrogen) atoms. The molecule has 2 rings (SSSR count). The average Bonchev–Trinajstić information content (AvgIpc) is 2.47. The summed E-state index contributed by atoms with van der Waals surface area (Å²) in [5.74, 6) is -1.18. The lowest BCUT2D eigenvalue weighted by Crippen LogP contribution is -2.49. The van der Waals surface area contributed by atoms with Crippen molar-refractivity contribution in [2.24, 2.45) is 11.3 Å². The molecular weight excluding hydrogens is 244 g/mol. The van der Waals surface area contributed by atoms with Crippen molar-refractivity contribution in [1.29, 1.82) is 0 Å². The third-order valence-corrected chi connectivity index (χ3v) is 4.36. The van der Waals surface area contributed by atoms with Gasteiger partial charge in [0.2, 0.25) is 0 Å². The van der Waals surface area contributed by atoms with Crippen molar-refractivity contribution in [3.63, 3.8) is 0 Å². The summed E-state index contributed by atoms with van der Waals surface area (Å²) in [4.78, 5) is 24.5. The summed E-state index contributed by atoms with van der Waals surface area (Å²) in [6, 6.07) is 0. The maximum absolute atomic E-state index is 12.3. The van der Waals surface area contributed by atoms with E-state index in [1.807, 2.05) is 12.2 Å². The second-order valence-electron chi connectivity index (χ2n) is 5.20. The minimum atomic E-state index is -1.20. The first-order chi connectivity index (χ1) is 9.07. The molecule has 0 heterocycles. The van der Waals surface area contributed by atoms with E-state index in [0.717, 1.165) is 19.3 Å². The predicted octanol–water partition coefficient (Wildman–Crippen LogP) is 2.40. The molecule has 0 aliphatic heterocycles. The molecule has 104 valence electrons. The largest absolute Gasteiger partial charge is 0.468 e. The van der Waals surface area contributed by atoms with Gasteiger partial charge in [-0.3, -0.25) is 9.59 Å². The van der Waals surface area contributed by atoms with Gasteiger partial charge in [0, 0.05) is 5.92 Å². The molecule has 0 bridgehead atoms. The van der Waals surface area contributed by atoms with E-state index in [9.17, 15) is 9.59 Å². The highest BCUT2D eigenvalue weighted by atomic mass is 16.5. The molecule has 0 radical (unpaired) electrons. The highest BCUT2D eigenvalue weighted by molar-refractivity contribution is 6.01. The standard InChI is InChI=1S/C15H20O4/c1-10-8-9-15(13(16)18-2,14(17)19-3)12-7-5-4-6-11(10)12/h5,7,12H,4,6,8-9H2,1-3H3. The van der Waals surface area contributed by atoms with Crippen molar-refractivity contribution in [2.45, 2.75) is 32.6 Å². The fourth-order valence-electron chi connectivity index (χ4n) is 3.29. The summed E-state index contributed by atoms with van der Waals surface area (Å²) < 4.78 is 9.81. The van der Waals surface area contributed by atoms with Crippen molar-refractivity contribution in [1.82, 2.24) is 0 Å². The van der Waals surface area contributed by atoms with Crippen LogP contribution in [0.15, 0.2) is 23.3 Å². The Kier molecular flexibility index (Phi) is 3.78. The van der Waals surface area contributed by atoms with Crippen LogP contribution in [0.25, 0.3) is 0 Å². The van der Waals surface area contributed by atoms with Crippen LogP contribution in [0.4, 0.5) is 0 Å². The first-order valence-corrected chi connectivity index (χ1v) is 6.60. The van der Waals surface area contributed by atoms with Crippen LogP contribution < -0.4 is 0 Å². The van der Waals surface area contributed by atoms with Crippen LogP contribution in [0.1, 0.15) is 32.6 Å². The van der Waals surface area contributed by atoms with Crippen molar-refractivity contribution >= 4 is 11.9 Å². The fourth-order valence-corrected chi connectivity index (χ4v) is 3.29. The molecule has 0 amide bonds. The summed E-state index contributed by atoms with van der Waals surface area (Å²) in [6.45, 7) is 2.08. The van der Waals surface area contributed by atoms with Crippen LogP contribution in [0.3, 0.4) is 0 Å². The zero-order valence-electron chi connectivity index (χ0n) is 11.7. The van der Waals surface area contributed by atoms with Gasteiger partial charge in [0.25, 0.3) is 0 Å². The van der Waals surface area contributed by atoms with Gasteiger partial charge in [-0.1, -0.05) is 23.3 Å². The van der Waals surface area contributed by atoms with Crippen LogP contribution in [0.2, 0.25) is 0 Å². The zero-order chi connectivity index (χ0) is 14.0. The molecule has 0 saturated heterocycles. The number of carbonyl (C=O) groups is 2. The van der Waals surface area contributed by atoms with Crippen LogP contribution in [0, 0.1) is 11.3 Å². The van der Waals surface area contributed by atoms with Gasteiger partial charge >= 0.3 is 11.9 Å². The number of methoxy groups -OCH3 is 2. The van der Waals surface area contributed by atoms with E-state index < -0.39 is 17.4 Å². The third-order valence-electron chi connectivity index (χ3n) is 4.36. The number of fused-ring (bicyclic) bond motifs is 1. The fraction of sp³-hybridized carbons (Fsp3) is 0.600. The van der Waals surface area contributed by atoms with Gasteiger partial charge in [-0.05, 0) is 32.6 Å². The molecular formula is C15H20O4. The van der Waals surface area contributed by atoms with Gasteiger partial charge in [0.1, 0.15) is 0 Å². The third kappa shape index (κ3) is 1.99. The minimum absolute atomic E-state index is 0.213. The molecule has 0 fully saturated rings. The van der Waals surface area contributed by atoms with Crippen molar-refractivity contribution in [2.75, 3.05) is 14.2 Å². The van der Waals surface area contributed by atoms with Gasteiger partial charge in [-0.25, -0.2) is 0 Å². The smallest absolute Gasteiger partial charge is 0.324 e. The van der Waals surface area contributed by atoms with E-state index in [4.69, 9.17) is 9.47 Å². The Labute approximate surface area is 113 Å². The molecule has 0 saturated carbocycles. The molecule has 4 nitrogen and oxygen atoms in total. The summed E-state index contributed by atoms with van der Waals surface area (Å²) in [7, 11) is 2.65. The second-order valence-corrected chi connectivity index (χ2v) is 5.20. The van der Waals surface area contributed by atoms with Crippen molar-refractivity contribution in [3.8, 4) is 0 Å². The summed E-state index contributed by atoms with van der Waals surface area (Å²) in [6.07, 6.45) is 7.06. The SMILES string of the molecule is COC(=O)C1(C(=O)OC)CCC(C)=C2CCC=CC21. The molecule has 0 aromatic carbocycles. The number of ether oxygens (including phenoxy) is 2. The molecule has 2 aliphatic carbocycles. The molecule has 2 aliphatic rings. The Bertz CT molecular complexity index is 443. The Morgan fingerprint density at radius 1 is 1.21 bits per heavy atom. The Hall–Kier alpha value is -1.58. The average molecular weight is 264 g/mol. The first kappa shape index (κ1) is 13.8. The van der Waals surface area contributed by atoms with Gasteiger partial charge in [0.05, 0.1) is 14.2 Å². The molecule has 4 heteroatoms. The normalized spacial score (nSPS) is 24.7. The summed E-state index contributed by atoms with van der Waals surface area (Å²) in [5, 5.41) is 0. The van der Waals surface area contributed by atoms with Gasteiger partial charge in [-0.15, -0.1) is 0 Å². The molecule has 0 aromatic rings. The quantitative estimate of drug-likeness (QED) is 0.436. The maximum atomic E-state index is 12.3. The number of rotatable bonds is 2. The monoisotopic (exact) mass is 264 g/mol. The van der Waals surface area contributed by atoms with Crippen LogP contribution in [0.5, 0.6) is 0 Å². The predicted molar refractivity (Wildman–Crippen MR) is 70.3 cm³/mol. The number of hydrogen-bond donors (Lipinski definition) is 0. The van der Waals surface area contributed by atoms with E-state index in [1.165, 1.54) is 25.4 Å². The maximum Gasteiger partial charge on any atom is 0.324 e. The molecule has 0 N–H and O–H groups in total. The van der Waals surface area contributed by atoms with Crippen LogP contribution in [-0.2, 0) is 19.1 Å². The molecule has 0 spiro atoms. The van der Waals surface area contributed by atoms with E-state index in [1.54, 1.807) is 0 Å². The highest BCUT2D eigenvalue weighted by Crippen LogP contribution is 2.49. The lowest BCUT2D eigenvalue weighted by molar-refractivity contribution is -0.172. The molecule has 1 unspecified atom stereocenters. The van der Waals surface area contributed by atoms with E-state index in [0.29, 0.717) is 6.42 Å². The van der Waals surface area contributed by atoms with E-state index >= 15 is 0 Å². The van der Waals surface area contributed by atoms with Gasteiger partial charge < -0.3 is 9.47 Å². The van der Waals surface area contributed by atoms with Crippen molar-refractivity contribution < 1.29 is 19.1 Å². The Morgan fingerprint density at radius 2 is 1.84 bits per heavy atom. The first-order valence-electron chi connectivity index (χ1n) is 6.60. The summed E-state index contributed by atoms with van der Waals surface area (Å²) >= 11 is 0. The number of esters is 2. The van der Waals surface area contributed by atoms with Crippen LogP contribution in [-0.4, -0.2) is 26.2 Å². The zero-order valence-corrected chi connectivity index (χ0v) is 11.7. The molecule has 0 aromatic heterocycles. The van der Waals surface area contributed by atoms with Crippen molar-refractivity contribution in [3.05, 3.63) is 23.3 Å². The number of allylic oxidation sites excluding steroid dienone is 4. The summed E-state index contributed by atoms with van der Waals surface area (Å²) in [5.41, 5.74) is 1.29. The lowest BCUT2D eigenvalue weighted by Gasteiger charge is -2.41. The second kappa shape index (κ2) is 5.19. The number of hydrogen-bond acceptors (Lipinski definition) is 4. The van der Waals surface area contributed by atoms with Crippen LogP contribution >= 0.6 is 0 Å².